The SMILES string of the molecule is Clc1ccc(Cc2ccc(OCCC3CCCCN3)cc2)cc1. The summed E-state index contributed by atoms with van der Waals surface area (Å²) in [6, 6.07) is 17.1. The third-order valence-electron chi connectivity index (χ3n) is 4.39. The summed E-state index contributed by atoms with van der Waals surface area (Å²) in [7, 11) is 0. The number of piperidine rings is 1. The molecule has 3 heteroatoms. The Morgan fingerprint density at radius 1 is 0.957 bits per heavy atom. The van der Waals surface area contributed by atoms with Gasteiger partial charge < -0.3 is 10.1 Å². The van der Waals surface area contributed by atoms with Crippen molar-refractivity contribution in [3.05, 3.63) is 64.7 Å². The van der Waals surface area contributed by atoms with Crippen LogP contribution in [0.15, 0.2) is 48.5 Å². The van der Waals surface area contributed by atoms with Gasteiger partial charge in [-0.15, -0.1) is 0 Å². The highest BCUT2D eigenvalue weighted by Gasteiger charge is 2.11. The van der Waals surface area contributed by atoms with Gasteiger partial charge in [0.15, 0.2) is 0 Å². The van der Waals surface area contributed by atoms with Gasteiger partial charge in [0.2, 0.25) is 0 Å². The zero-order valence-electron chi connectivity index (χ0n) is 13.4. The molecule has 23 heavy (non-hydrogen) atoms. The standard InChI is InChI=1S/C20H24ClNO/c21-18-8-4-16(5-9-18)15-17-6-10-20(11-7-17)23-14-12-19-3-1-2-13-22-19/h4-11,19,22H,1-3,12-15H2. The van der Waals surface area contributed by atoms with Crippen molar-refractivity contribution >= 4 is 11.6 Å². The van der Waals surface area contributed by atoms with Crippen molar-refractivity contribution < 1.29 is 4.74 Å². The summed E-state index contributed by atoms with van der Waals surface area (Å²) in [6.45, 7) is 1.94. The van der Waals surface area contributed by atoms with Crippen molar-refractivity contribution in [3.63, 3.8) is 0 Å². The maximum atomic E-state index is 5.92. The van der Waals surface area contributed by atoms with Gasteiger partial charge in [0.25, 0.3) is 0 Å². The lowest BCUT2D eigenvalue weighted by molar-refractivity contribution is 0.268. The fraction of sp³-hybridized carbons (Fsp3) is 0.400. The molecular formula is C20H24ClNO. The molecule has 1 saturated heterocycles. The zero-order chi connectivity index (χ0) is 15.9. The van der Waals surface area contributed by atoms with Crippen molar-refractivity contribution in [2.45, 2.75) is 38.1 Å². The number of benzene rings is 2. The Kier molecular flexibility index (Phi) is 5.95. The Bertz CT molecular complexity index is 588. The first-order chi connectivity index (χ1) is 11.3. The maximum absolute atomic E-state index is 5.92. The van der Waals surface area contributed by atoms with Gasteiger partial charge in [-0.05, 0) is 67.6 Å². The van der Waals surface area contributed by atoms with Crippen LogP contribution in [0.1, 0.15) is 36.8 Å². The topological polar surface area (TPSA) is 21.3 Å². The molecule has 3 rings (SSSR count). The molecule has 0 saturated carbocycles. The lowest BCUT2D eigenvalue weighted by Gasteiger charge is -2.23. The van der Waals surface area contributed by atoms with E-state index in [1.165, 1.54) is 30.4 Å². The molecule has 1 unspecified atom stereocenters. The third-order valence-corrected chi connectivity index (χ3v) is 4.64. The largest absolute Gasteiger partial charge is 0.494 e. The molecule has 0 aliphatic carbocycles. The number of halogens is 1. The summed E-state index contributed by atoms with van der Waals surface area (Å²) in [5.74, 6) is 0.959. The molecule has 1 heterocycles. The highest BCUT2D eigenvalue weighted by molar-refractivity contribution is 6.30. The van der Waals surface area contributed by atoms with Crippen LogP contribution in [0.4, 0.5) is 0 Å². The van der Waals surface area contributed by atoms with Crippen molar-refractivity contribution in [2.24, 2.45) is 0 Å². The number of ether oxygens (including phenoxy) is 1. The molecule has 1 aliphatic rings. The van der Waals surface area contributed by atoms with E-state index < -0.39 is 0 Å². The first-order valence-electron chi connectivity index (χ1n) is 8.49. The molecule has 0 amide bonds. The lowest BCUT2D eigenvalue weighted by atomic mass is 10.0. The summed E-state index contributed by atoms with van der Waals surface area (Å²) >= 11 is 5.92. The van der Waals surface area contributed by atoms with E-state index in [0.717, 1.165) is 36.8 Å². The normalized spacial score (nSPS) is 17.9. The second kappa shape index (κ2) is 8.37. The molecule has 2 aromatic carbocycles. The minimum atomic E-state index is 0.632. The number of nitrogens with one attached hydrogen (secondary N) is 1. The predicted molar refractivity (Wildman–Crippen MR) is 96.5 cm³/mol. The average Bonchev–Trinajstić information content (AvgIpc) is 2.59. The molecule has 1 atom stereocenters. The van der Waals surface area contributed by atoms with E-state index in [1.54, 1.807) is 0 Å². The van der Waals surface area contributed by atoms with Crippen LogP contribution in [0.5, 0.6) is 5.75 Å². The Hall–Kier alpha value is -1.51. The summed E-state index contributed by atoms with van der Waals surface area (Å²) in [5.41, 5.74) is 2.56. The zero-order valence-corrected chi connectivity index (χ0v) is 14.2. The van der Waals surface area contributed by atoms with Gasteiger partial charge in [0.05, 0.1) is 6.61 Å². The van der Waals surface area contributed by atoms with E-state index in [-0.39, 0.29) is 0 Å². The Labute approximate surface area is 143 Å². The van der Waals surface area contributed by atoms with Gasteiger partial charge in [-0.3, -0.25) is 0 Å². The van der Waals surface area contributed by atoms with Crippen molar-refractivity contribution in [2.75, 3.05) is 13.2 Å². The molecule has 1 N–H and O–H groups in total. The lowest BCUT2D eigenvalue weighted by Crippen LogP contribution is -2.35. The van der Waals surface area contributed by atoms with E-state index >= 15 is 0 Å². The van der Waals surface area contributed by atoms with Crippen LogP contribution in [0.3, 0.4) is 0 Å². The van der Waals surface area contributed by atoms with Gasteiger partial charge in [-0.2, -0.15) is 0 Å². The Balaban J connectivity index is 1.45. The van der Waals surface area contributed by atoms with Crippen LogP contribution in [0.25, 0.3) is 0 Å². The quantitative estimate of drug-likeness (QED) is 0.818. The summed E-state index contributed by atoms with van der Waals surface area (Å²) < 4.78 is 5.87. The minimum Gasteiger partial charge on any atom is -0.494 e. The molecule has 2 aromatic rings. The maximum Gasteiger partial charge on any atom is 0.119 e. The first kappa shape index (κ1) is 16.4. The summed E-state index contributed by atoms with van der Waals surface area (Å²) in [5, 5.41) is 4.34. The molecule has 0 aromatic heterocycles. The van der Waals surface area contributed by atoms with Gasteiger partial charge in [0, 0.05) is 11.1 Å². The summed E-state index contributed by atoms with van der Waals surface area (Å²) in [6.07, 6.45) is 5.95. The number of hydrogen-bond donors (Lipinski definition) is 1. The molecule has 2 nitrogen and oxygen atoms in total. The fourth-order valence-electron chi connectivity index (χ4n) is 3.03. The number of rotatable bonds is 6. The van der Waals surface area contributed by atoms with Crippen LogP contribution < -0.4 is 10.1 Å². The van der Waals surface area contributed by atoms with Crippen molar-refractivity contribution in [1.29, 1.82) is 0 Å². The average molecular weight is 330 g/mol. The molecule has 0 radical (unpaired) electrons. The molecule has 1 fully saturated rings. The van der Waals surface area contributed by atoms with E-state index in [1.807, 2.05) is 12.1 Å². The number of hydrogen-bond acceptors (Lipinski definition) is 2. The van der Waals surface area contributed by atoms with E-state index in [0.29, 0.717) is 6.04 Å². The van der Waals surface area contributed by atoms with Gasteiger partial charge in [0.1, 0.15) is 5.75 Å². The first-order valence-corrected chi connectivity index (χ1v) is 8.87. The van der Waals surface area contributed by atoms with E-state index in [4.69, 9.17) is 16.3 Å². The van der Waals surface area contributed by atoms with Crippen LogP contribution in [0.2, 0.25) is 5.02 Å². The molecular weight excluding hydrogens is 306 g/mol. The second-order valence-electron chi connectivity index (χ2n) is 6.23. The van der Waals surface area contributed by atoms with Crippen molar-refractivity contribution in [1.82, 2.24) is 5.32 Å². The summed E-state index contributed by atoms with van der Waals surface area (Å²) in [4.78, 5) is 0. The van der Waals surface area contributed by atoms with Gasteiger partial charge >= 0.3 is 0 Å². The van der Waals surface area contributed by atoms with E-state index in [9.17, 15) is 0 Å². The Morgan fingerprint density at radius 3 is 2.30 bits per heavy atom. The van der Waals surface area contributed by atoms with Gasteiger partial charge in [-0.1, -0.05) is 42.3 Å². The van der Waals surface area contributed by atoms with Crippen molar-refractivity contribution in [3.8, 4) is 5.75 Å². The smallest absolute Gasteiger partial charge is 0.119 e. The van der Waals surface area contributed by atoms with Gasteiger partial charge in [-0.25, -0.2) is 0 Å². The minimum absolute atomic E-state index is 0.632. The molecule has 0 bridgehead atoms. The Morgan fingerprint density at radius 2 is 1.65 bits per heavy atom. The molecule has 0 spiro atoms. The van der Waals surface area contributed by atoms with E-state index in [2.05, 4.69) is 41.7 Å². The second-order valence-corrected chi connectivity index (χ2v) is 6.67. The van der Waals surface area contributed by atoms with Crippen LogP contribution in [-0.2, 0) is 6.42 Å². The van der Waals surface area contributed by atoms with Crippen LogP contribution in [0, 0.1) is 0 Å². The van der Waals surface area contributed by atoms with Crippen LogP contribution >= 0.6 is 11.6 Å². The monoisotopic (exact) mass is 329 g/mol. The highest BCUT2D eigenvalue weighted by atomic mass is 35.5. The third kappa shape index (κ3) is 5.26. The molecule has 1 aliphatic heterocycles. The highest BCUT2D eigenvalue weighted by Crippen LogP contribution is 2.18. The predicted octanol–water partition coefficient (Wildman–Crippen LogP) is 4.84. The fourth-order valence-corrected chi connectivity index (χ4v) is 3.16. The van der Waals surface area contributed by atoms with Crippen LogP contribution in [-0.4, -0.2) is 19.2 Å². The molecule has 122 valence electrons.